The lowest BCUT2D eigenvalue weighted by Gasteiger charge is -2.61. The van der Waals surface area contributed by atoms with Gasteiger partial charge in [-0.3, -0.25) is 14.3 Å². The van der Waals surface area contributed by atoms with Crippen molar-refractivity contribution in [3.05, 3.63) is 30.6 Å². The lowest BCUT2D eigenvalue weighted by atomic mass is 9.50. The molecule has 0 aliphatic heterocycles. The van der Waals surface area contributed by atoms with Gasteiger partial charge in [0, 0.05) is 23.7 Å². The number of carbonyl (C=O) groups is 2. The molecular formula is C16H19F3N4O2. The predicted octanol–water partition coefficient (Wildman–Crippen LogP) is 1.63. The highest BCUT2D eigenvalue weighted by atomic mass is 19.4. The molecule has 3 rings (SSSR count). The fraction of sp³-hybridized carbons (Fsp3) is 0.562. The summed E-state index contributed by atoms with van der Waals surface area (Å²) in [6, 6.07) is 0.755. The van der Waals surface area contributed by atoms with Crippen LogP contribution < -0.4 is 10.6 Å². The first-order valence-electron chi connectivity index (χ1n) is 8.07. The van der Waals surface area contributed by atoms with Gasteiger partial charge in [0.15, 0.2) is 5.69 Å². The number of halogens is 3. The van der Waals surface area contributed by atoms with E-state index in [0.717, 1.165) is 36.2 Å². The minimum absolute atomic E-state index is 0.00131. The molecule has 2 aliphatic carbocycles. The molecule has 1 spiro atoms. The summed E-state index contributed by atoms with van der Waals surface area (Å²) in [6.07, 6.45) is 1.27. The van der Waals surface area contributed by atoms with Gasteiger partial charge in [-0.25, -0.2) is 0 Å². The number of hydrogen-bond acceptors (Lipinski definition) is 3. The molecule has 0 radical (unpaired) electrons. The van der Waals surface area contributed by atoms with Crippen molar-refractivity contribution in [2.24, 2.45) is 5.41 Å². The largest absolute Gasteiger partial charge is 0.435 e. The highest BCUT2D eigenvalue weighted by Gasteiger charge is 2.59. The van der Waals surface area contributed by atoms with E-state index in [0.29, 0.717) is 6.42 Å². The maximum atomic E-state index is 12.5. The average molecular weight is 356 g/mol. The molecule has 1 aromatic rings. The van der Waals surface area contributed by atoms with Crippen LogP contribution in [0.4, 0.5) is 13.2 Å². The molecule has 0 bridgehead atoms. The van der Waals surface area contributed by atoms with Crippen LogP contribution in [-0.4, -0.2) is 33.7 Å². The zero-order chi connectivity index (χ0) is 18.2. The third kappa shape index (κ3) is 3.27. The Morgan fingerprint density at radius 3 is 2.56 bits per heavy atom. The third-order valence-corrected chi connectivity index (χ3v) is 5.22. The summed E-state index contributed by atoms with van der Waals surface area (Å²) in [5.74, 6) is -0.626. The smallest absolute Gasteiger partial charge is 0.351 e. The zero-order valence-electron chi connectivity index (χ0n) is 13.5. The summed E-state index contributed by atoms with van der Waals surface area (Å²) in [7, 11) is 0. The fourth-order valence-corrected chi connectivity index (χ4v) is 3.69. The number of nitrogens with one attached hydrogen (secondary N) is 2. The van der Waals surface area contributed by atoms with E-state index in [9.17, 15) is 22.8 Å². The molecule has 2 atom stereocenters. The Kier molecular flexibility index (Phi) is 4.34. The maximum absolute atomic E-state index is 12.5. The van der Waals surface area contributed by atoms with Gasteiger partial charge in [-0.05, 0) is 31.4 Å². The first-order valence-corrected chi connectivity index (χ1v) is 8.07. The van der Waals surface area contributed by atoms with Gasteiger partial charge in [0.1, 0.15) is 6.54 Å². The van der Waals surface area contributed by atoms with Gasteiger partial charge in [0.2, 0.25) is 11.8 Å². The van der Waals surface area contributed by atoms with E-state index in [2.05, 4.69) is 22.3 Å². The van der Waals surface area contributed by atoms with Gasteiger partial charge in [0.25, 0.3) is 0 Å². The molecule has 6 nitrogen and oxygen atoms in total. The molecule has 25 heavy (non-hydrogen) atoms. The second-order valence-electron chi connectivity index (χ2n) is 6.60. The van der Waals surface area contributed by atoms with Crippen LogP contribution in [0.2, 0.25) is 0 Å². The molecule has 2 fully saturated rings. The number of alkyl halides is 3. The topological polar surface area (TPSA) is 76.0 Å². The van der Waals surface area contributed by atoms with Crippen LogP contribution in [0.1, 0.15) is 31.4 Å². The molecule has 136 valence electrons. The van der Waals surface area contributed by atoms with Crippen LogP contribution >= 0.6 is 0 Å². The molecule has 2 unspecified atom stereocenters. The molecule has 2 saturated carbocycles. The van der Waals surface area contributed by atoms with Crippen LogP contribution in [0.25, 0.3) is 0 Å². The molecule has 9 heteroatoms. The van der Waals surface area contributed by atoms with E-state index in [1.54, 1.807) is 0 Å². The van der Waals surface area contributed by atoms with Crippen LogP contribution in [-0.2, 0) is 22.3 Å². The molecule has 1 aromatic heterocycles. The SMILES string of the molecule is C=CC(=O)NC1CC(NC(=O)Cn2ccc(C(F)(F)F)n2)C12CCC2. The van der Waals surface area contributed by atoms with Crippen LogP contribution in [0, 0.1) is 5.41 Å². The van der Waals surface area contributed by atoms with Crippen LogP contribution in [0.15, 0.2) is 24.9 Å². The van der Waals surface area contributed by atoms with E-state index in [1.165, 1.54) is 6.08 Å². The Hall–Kier alpha value is -2.32. The fourth-order valence-electron chi connectivity index (χ4n) is 3.69. The minimum atomic E-state index is -4.53. The summed E-state index contributed by atoms with van der Waals surface area (Å²) in [5.41, 5.74) is -1.16. The van der Waals surface area contributed by atoms with Crippen molar-refractivity contribution in [1.29, 1.82) is 0 Å². The molecular weight excluding hydrogens is 337 g/mol. The normalized spacial score (nSPS) is 24.1. The number of hydrogen-bond donors (Lipinski definition) is 2. The second-order valence-corrected chi connectivity index (χ2v) is 6.60. The summed E-state index contributed by atoms with van der Waals surface area (Å²) in [4.78, 5) is 23.6. The molecule has 2 N–H and O–H groups in total. The van der Waals surface area contributed by atoms with Crippen molar-refractivity contribution in [2.45, 2.75) is 50.5 Å². The van der Waals surface area contributed by atoms with E-state index in [1.807, 2.05) is 0 Å². The monoisotopic (exact) mass is 356 g/mol. The number of nitrogens with zero attached hydrogens (tertiary/aromatic N) is 2. The first-order chi connectivity index (χ1) is 11.7. The minimum Gasteiger partial charge on any atom is -0.351 e. The molecule has 2 amide bonds. The second kappa shape index (κ2) is 6.20. The highest BCUT2D eigenvalue weighted by molar-refractivity contribution is 5.87. The van der Waals surface area contributed by atoms with Crippen molar-refractivity contribution in [1.82, 2.24) is 20.4 Å². The predicted molar refractivity (Wildman–Crippen MR) is 82.2 cm³/mol. The Morgan fingerprint density at radius 1 is 1.36 bits per heavy atom. The quantitative estimate of drug-likeness (QED) is 0.788. The van der Waals surface area contributed by atoms with Crippen LogP contribution in [0.5, 0.6) is 0 Å². The third-order valence-electron chi connectivity index (χ3n) is 5.22. The standard InChI is InChI=1S/C16H19F3N4O2/c1-2-13(24)20-11-8-12(15(11)5-3-6-15)21-14(25)9-23-7-4-10(22-23)16(17,18)19/h2,4,7,11-12H,1,3,5-6,8-9H2,(H,20,24)(H,21,25). The van der Waals surface area contributed by atoms with Gasteiger partial charge in [-0.15, -0.1) is 0 Å². The number of rotatable bonds is 5. The summed E-state index contributed by atoms with van der Waals surface area (Å²) < 4.78 is 38.6. The van der Waals surface area contributed by atoms with Crippen molar-refractivity contribution in [3.8, 4) is 0 Å². The van der Waals surface area contributed by atoms with Crippen molar-refractivity contribution in [3.63, 3.8) is 0 Å². The highest BCUT2D eigenvalue weighted by Crippen LogP contribution is 2.55. The number of aromatic nitrogens is 2. The Bertz CT molecular complexity index is 694. The van der Waals surface area contributed by atoms with E-state index in [4.69, 9.17) is 0 Å². The number of carbonyl (C=O) groups excluding carboxylic acids is 2. The molecule has 2 aliphatic rings. The summed E-state index contributed by atoms with van der Waals surface area (Å²) >= 11 is 0. The molecule has 0 aromatic carbocycles. The Labute approximate surface area is 142 Å². The lowest BCUT2D eigenvalue weighted by molar-refractivity contribution is -0.142. The summed E-state index contributed by atoms with van der Waals surface area (Å²) in [6.45, 7) is 3.15. The Balaban J connectivity index is 1.56. The van der Waals surface area contributed by atoms with Crippen molar-refractivity contribution >= 4 is 11.8 Å². The van der Waals surface area contributed by atoms with E-state index >= 15 is 0 Å². The van der Waals surface area contributed by atoms with Crippen molar-refractivity contribution < 1.29 is 22.8 Å². The van der Waals surface area contributed by atoms with Gasteiger partial charge in [0.05, 0.1) is 0 Å². The first kappa shape index (κ1) is 17.5. The van der Waals surface area contributed by atoms with Crippen molar-refractivity contribution in [2.75, 3.05) is 0 Å². The van der Waals surface area contributed by atoms with E-state index < -0.39 is 11.9 Å². The summed E-state index contributed by atoms with van der Waals surface area (Å²) in [5, 5.41) is 9.12. The Morgan fingerprint density at radius 2 is 2.04 bits per heavy atom. The number of amides is 2. The van der Waals surface area contributed by atoms with E-state index in [-0.39, 0.29) is 35.9 Å². The average Bonchev–Trinajstić information content (AvgIpc) is 2.92. The van der Waals surface area contributed by atoms with Gasteiger partial charge in [-0.2, -0.15) is 18.3 Å². The van der Waals surface area contributed by atoms with Gasteiger partial charge >= 0.3 is 6.18 Å². The van der Waals surface area contributed by atoms with Gasteiger partial charge < -0.3 is 10.6 Å². The maximum Gasteiger partial charge on any atom is 0.435 e. The van der Waals surface area contributed by atoms with Crippen LogP contribution in [0.3, 0.4) is 0 Å². The molecule has 0 saturated heterocycles. The van der Waals surface area contributed by atoms with Gasteiger partial charge in [-0.1, -0.05) is 13.0 Å². The zero-order valence-corrected chi connectivity index (χ0v) is 13.5. The lowest BCUT2D eigenvalue weighted by Crippen LogP contribution is -2.71. The molecule has 1 heterocycles.